The van der Waals surface area contributed by atoms with Gasteiger partial charge in [0.2, 0.25) is 5.91 Å². The first-order chi connectivity index (χ1) is 11.5. The van der Waals surface area contributed by atoms with Crippen LogP contribution >= 0.6 is 0 Å². The highest BCUT2D eigenvalue weighted by molar-refractivity contribution is 5.87. The second kappa shape index (κ2) is 8.73. The first-order valence-corrected chi connectivity index (χ1v) is 8.41. The van der Waals surface area contributed by atoms with E-state index in [9.17, 15) is 4.79 Å². The van der Waals surface area contributed by atoms with Crippen LogP contribution in [0.25, 0.3) is 0 Å². The molecule has 0 bridgehead atoms. The van der Waals surface area contributed by atoms with Gasteiger partial charge in [-0.1, -0.05) is 12.5 Å². The molecule has 0 aliphatic heterocycles. The van der Waals surface area contributed by atoms with Crippen LogP contribution in [0.15, 0.2) is 24.3 Å². The van der Waals surface area contributed by atoms with E-state index >= 15 is 0 Å². The molecule has 24 heavy (non-hydrogen) atoms. The van der Waals surface area contributed by atoms with Gasteiger partial charge in [0.05, 0.1) is 20.3 Å². The quantitative estimate of drug-likeness (QED) is 0.643. The first kappa shape index (κ1) is 18.3. The molecule has 0 radical (unpaired) electrons. The van der Waals surface area contributed by atoms with Crippen LogP contribution in [0.5, 0.6) is 11.5 Å². The normalized spacial score (nSPS) is 17.5. The number of hydrogen-bond donors (Lipinski definition) is 1. The predicted octanol–water partition coefficient (Wildman–Crippen LogP) is 2.71. The molecule has 0 spiro atoms. The molecule has 0 fully saturated rings. The number of benzene rings is 1. The summed E-state index contributed by atoms with van der Waals surface area (Å²) in [6.45, 7) is 0.750. The number of hydrogen-bond acceptors (Lipinski definition) is 4. The molecule has 5 heteroatoms. The lowest BCUT2D eigenvalue weighted by Gasteiger charge is -2.20. The molecule has 0 aromatic heterocycles. The summed E-state index contributed by atoms with van der Waals surface area (Å²) in [7, 11) is 7.24. The predicted molar refractivity (Wildman–Crippen MR) is 95.7 cm³/mol. The van der Waals surface area contributed by atoms with E-state index in [0.29, 0.717) is 5.75 Å². The van der Waals surface area contributed by atoms with E-state index in [4.69, 9.17) is 9.47 Å². The van der Waals surface area contributed by atoms with E-state index in [1.165, 1.54) is 5.56 Å². The van der Waals surface area contributed by atoms with Crippen molar-refractivity contribution in [3.8, 4) is 11.5 Å². The molecule has 1 unspecified atom stereocenters. The van der Waals surface area contributed by atoms with Crippen molar-refractivity contribution < 1.29 is 14.3 Å². The summed E-state index contributed by atoms with van der Waals surface area (Å²) < 4.78 is 10.8. The van der Waals surface area contributed by atoms with Gasteiger partial charge in [-0.3, -0.25) is 4.79 Å². The molecule has 1 aromatic rings. The minimum atomic E-state index is -0.0514. The van der Waals surface area contributed by atoms with Crippen LogP contribution in [-0.2, 0) is 11.2 Å². The van der Waals surface area contributed by atoms with Crippen molar-refractivity contribution in [3.63, 3.8) is 0 Å². The monoisotopic (exact) mass is 332 g/mol. The summed E-state index contributed by atoms with van der Waals surface area (Å²) in [5.74, 6) is 1.40. The SMILES string of the molecule is COc1cc2c(cc1OC)C(NC(=O)/C=C/CN(C)C)CCCC2. The molecule has 1 N–H and O–H groups in total. The number of nitrogens with zero attached hydrogens (tertiary/aromatic N) is 1. The molecule has 1 aliphatic carbocycles. The van der Waals surface area contributed by atoms with Gasteiger partial charge < -0.3 is 19.7 Å². The third kappa shape index (κ3) is 4.74. The van der Waals surface area contributed by atoms with E-state index < -0.39 is 0 Å². The summed E-state index contributed by atoms with van der Waals surface area (Å²) in [5.41, 5.74) is 2.37. The highest BCUT2D eigenvalue weighted by Crippen LogP contribution is 2.37. The van der Waals surface area contributed by atoms with E-state index in [-0.39, 0.29) is 11.9 Å². The molecule has 1 aromatic carbocycles. The van der Waals surface area contributed by atoms with Gasteiger partial charge >= 0.3 is 0 Å². The largest absolute Gasteiger partial charge is 0.493 e. The Labute approximate surface area is 144 Å². The van der Waals surface area contributed by atoms with Crippen LogP contribution in [0.1, 0.15) is 36.4 Å². The Morgan fingerprint density at radius 1 is 1.25 bits per heavy atom. The summed E-state index contributed by atoms with van der Waals surface area (Å²) in [4.78, 5) is 14.2. The minimum absolute atomic E-state index is 0.0128. The Balaban J connectivity index is 2.20. The molecule has 2 rings (SSSR count). The number of nitrogens with one attached hydrogen (secondary N) is 1. The first-order valence-electron chi connectivity index (χ1n) is 8.41. The van der Waals surface area contributed by atoms with Gasteiger partial charge in [-0.15, -0.1) is 0 Å². The molecular formula is C19H28N2O3. The number of carbonyl (C=O) groups is 1. The third-order valence-corrected chi connectivity index (χ3v) is 4.27. The van der Waals surface area contributed by atoms with Crippen molar-refractivity contribution in [2.75, 3.05) is 34.9 Å². The average Bonchev–Trinajstić information content (AvgIpc) is 2.75. The number of carbonyl (C=O) groups excluding carboxylic acids is 1. The van der Waals surface area contributed by atoms with E-state index in [2.05, 4.69) is 5.32 Å². The van der Waals surface area contributed by atoms with Gasteiger partial charge in [-0.2, -0.15) is 0 Å². The van der Waals surface area contributed by atoms with E-state index in [1.807, 2.05) is 37.2 Å². The fourth-order valence-corrected chi connectivity index (χ4v) is 3.04. The summed E-state index contributed by atoms with van der Waals surface area (Å²) in [6, 6.07) is 4.06. The Morgan fingerprint density at radius 2 is 1.96 bits per heavy atom. The van der Waals surface area contributed by atoms with Gasteiger partial charge in [0.15, 0.2) is 11.5 Å². The van der Waals surface area contributed by atoms with E-state index in [0.717, 1.165) is 43.5 Å². The second-order valence-corrected chi connectivity index (χ2v) is 6.38. The number of methoxy groups -OCH3 is 2. The van der Waals surface area contributed by atoms with Gasteiger partial charge in [0, 0.05) is 12.6 Å². The van der Waals surface area contributed by atoms with Crippen LogP contribution in [-0.4, -0.2) is 45.7 Å². The van der Waals surface area contributed by atoms with Crippen molar-refractivity contribution in [2.24, 2.45) is 0 Å². The third-order valence-electron chi connectivity index (χ3n) is 4.27. The van der Waals surface area contributed by atoms with E-state index in [1.54, 1.807) is 20.3 Å². The minimum Gasteiger partial charge on any atom is -0.493 e. The van der Waals surface area contributed by atoms with Crippen LogP contribution in [0.2, 0.25) is 0 Å². The van der Waals surface area contributed by atoms with Crippen LogP contribution < -0.4 is 14.8 Å². The fraction of sp³-hybridized carbons (Fsp3) is 0.526. The van der Waals surface area contributed by atoms with Crippen molar-refractivity contribution >= 4 is 5.91 Å². The molecule has 0 saturated carbocycles. The lowest BCUT2D eigenvalue weighted by atomic mass is 9.98. The zero-order chi connectivity index (χ0) is 17.5. The van der Waals surface area contributed by atoms with Crippen molar-refractivity contribution in [2.45, 2.75) is 31.7 Å². The molecule has 1 atom stereocenters. The van der Waals surface area contributed by atoms with Crippen LogP contribution in [0, 0.1) is 0 Å². The zero-order valence-electron chi connectivity index (χ0n) is 15.1. The number of ether oxygens (including phenoxy) is 2. The number of aryl methyl sites for hydroxylation is 1. The summed E-state index contributed by atoms with van der Waals surface area (Å²) in [5, 5.41) is 3.14. The van der Waals surface area contributed by atoms with Gasteiger partial charge in [0.25, 0.3) is 0 Å². The van der Waals surface area contributed by atoms with Crippen LogP contribution in [0.3, 0.4) is 0 Å². The Hall–Kier alpha value is -2.01. The van der Waals surface area contributed by atoms with Gasteiger partial charge in [-0.25, -0.2) is 0 Å². The number of rotatable bonds is 6. The van der Waals surface area contributed by atoms with Crippen LogP contribution in [0.4, 0.5) is 0 Å². The molecule has 0 heterocycles. The van der Waals surface area contributed by atoms with Gasteiger partial charge in [0.1, 0.15) is 0 Å². The maximum atomic E-state index is 12.2. The molecular weight excluding hydrogens is 304 g/mol. The molecule has 1 amide bonds. The van der Waals surface area contributed by atoms with Gasteiger partial charge in [-0.05, 0) is 56.6 Å². The molecule has 132 valence electrons. The highest BCUT2D eigenvalue weighted by Gasteiger charge is 2.22. The average molecular weight is 332 g/mol. The topological polar surface area (TPSA) is 50.8 Å². The standard InChI is InChI=1S/C19H28N2O3/c1-21(2)11-7-10-19(22)20-16-9-6-5-8-14-12-17(23-3)18(24-4)13-15(14)16/h7,10,12-13,16H,5-6,8-9,11H2,1-4H3,(H,20,22)/b10-7+. The lowest BCUT2D eigenvalue weighted by Crippen LogP contribution is -2.27. The maximum absolute atomic E-state index is 12.2. The maximum Gasteiger partial charge on any atom is 0.244 e. The lowest BCUT2D eigenvalue weighted by molar-refractivity contribution is -0.117. The fourth-order valence-electron chi connectivity index (χ4n) is 3.04. The highest BCUT2D eigenvalue weighted by atomic mass is 16.5. The summed E-state index contributed by atoms with van der Waals surface area (Å²) >= 11 is 0. The zero-order valence-corrected chi connectivity index (χ0v) is 15.1. The Bertz CT molecular complexity index is 597. The number of likely N-dealkylation sites (N-methyl/N-ethyl adjacent to an activating group) is 1. The van der Waals surface area contributed by atoms with Crippen molar-refractivity contribution in [1.29, 1.82) is 0 Å². The second-order valence-electron chi connectivity index (χ2n) is 6.38. The smallest absolute Gasteiger partial charge is 0.244 e. The molecule has 1 aliphatic rings. The Kier molecular flexibility index (Phi) is 6.67. The Morgan fingerprint density at radius 3 is 2.62 bits per heavy atom. The molecule has 5 nitrogen and oxygen atoms in total. The molecule has 0 saturated heterocycles. The number of amides is 1. The summed E-state index contributed by atoms with van der Waals surface area (Å²) in [6.07, 6.45) is 7.64. The van der Waals surface area contributed by atoms with Crippen molar-refractivity contribution in [3.05, 3.63) is 35.4 Å². The van der Waals surface area contributed by atoms with Crippen molar-refractivity contribution in [1.82, 2.24) is 10.2 Å². The number of fused-ring (bicyclic) bond motifs is 1.